The summed E-state index contributed by atoms with van der Waals surface area (Å²) >= 11 is 0. The van der Waals surface area contributed by atoms with E-state index in [0.717, 1.165) is 25.3 Å². The van der Waals surface area contributed by atoms with E-state index in [2.05, 4.69) is 24.3 Å². The molecule has 2 unspecified atom stereocenters. The summed E-state index contributed by atoms with van der Waals surface area (Å²) in [5.41, 5.74) is 2.18. The van der Waals surface area contributed by atoms with Gasteiger partial charge in [-0.15, -0.1) is 0 Å². The van der Waals surface area contributed by atoms with Gasteiger partial charge in [0.15, 0.2) is 0 Å². The highest BCUT2D eigenvalue weighted by atomic mass is 16.5. The fourth-order valence-corrected chi connectivity index (χ4v) is 3.59. The summed E-state index contributed by atoms with van der Waals surface area (Å²) in [7, 11) is 2.19. The second-order valence-corrected chi connectivity index (χ2v) is 6.36. The van der Waals surface area contributed by atoms with Crippen molar-refractivity contribution in [3.8, 4) is 0 Å². The lowest BCUT2D eigenvalue weighted by molar-refractivity contribution is -0.132. The van der Waals surface area contributed by atoms with Crippen LogP contribution in [0.15, 0.2) is 0 Å². The molecule has 0 radical (unpaired) electrons. The molecular formula is C15H29N3O2. The van der Waals surface area contributed by atoms with Crippen molar-refractivity contribution in [2.24, 2.45) is 11.8 Å². The second-order valence-electron chi connectivity index (χ2n) is 6.36. The number of hydrogen-bond donors (Lipinski definition) is 2. The molecule has 2 rings (SSSR count). The number of carbonyl (C=O) groups is 1. The van der Waals surface area contributed by atoms with Crippen LogP contribution >= 0.6 is 0 Å². The molecule has 0 aromatic heterocycles. The zero-order chi connectivity index (χ0) is 14.5. The third-order valence-corrected chi connectivity index (χ3v) is 5.05. The highest BCUT2D eigenvalue weighted by Gasteiger charge is 2.32. The Morgan fingerprint density at radius 2 is 1.95 bits per heavy atom. The van der Waals surface area contributed by atoms with Gasteiger partial charge in [0.05, 0.1) is 6.10 Å². The zero-order valence-corrected chi connectivity index (χ0v) is 12.8. The predicted octanol–water partition coefficient (Wildman–Crippen LogP) is 1.42. The van der Waals surface area contributed by atoms with Crippen molar-refractivity contribution in [3.05, 3.63) is 0 Å². The van der Waals surface area contributed by atoms with E-state index < -0.39 is 0 Å². The first kappa shape index (κ1) is 15.7. The Bertz CT molecular complexity index is 316. The summed E-state index contributed by atoms with van der Waals surface area (Å²) in [5, 5.41) is 0. The van der Waals surface area contributed by atoms with Gasteiger partial charge in [-0.2, -0.15) is 0 Å². The van der Waals surface area contributed by atoms with Crippen molar-refractivity contribution >= 4 is 5.91 Å². The largest absolute Gasteiger partial charge is 0.364 e. The molecule has 1 heterocycles. The van der Waals surface area contributed by atoms with E-state index in [1.165, 1.54) is 32.1 Å². The highest BCUT2D eigenvalue weighted by molar-refractivity contribution is 5.80. The van der Waals surface area contributed by atoms with Crippen LogP contribution in [0.4, 0.5) is 0 Å². The molecule has 1 amide bonds. The Labute approximate surface area is 122 Å². The van der Waals surface area contributed by atoms with Crippen molar-refractivity contribution in [1.29, 1.82) is 0 Å². The van der Waals surface area contributed by atoms with Gasteiger partial charge in [0, 0.05) is 12.6 Å². The molecule has 5 heteroatoms. The monoisotopic (exact) mass is 283 g/mol. The number of likely N-dealkylation sites (N-methyl/N-ethyl adjacent to an activating group) is 1. The van der Waals surface area contributed by atoms with E-state index in [1.807, 2.05) is 0 Å². The zero-order valence-electron chi connectivity index (χ0n) is 12.8. The van der Waals surface area contributed by atoms with Crippen molar-refractivity contribution in [3.63, 3.8) is 0 Å². The van der Waals surface area contributed by atoms with Gasteiger partial charge in [0.2, 0.25) is 0 Å². The second kappa shape index (κ2) is 7.38. The van der Waals surface area contributed by atoms with Gasteiger partial charge in [-0.25, -0.2) is 5.84 Å². The van der Waals surface area contributed by atoms with E-state index in [4.69, 9.17) is 10.6 Å². The van der Waals surface area contributed by atoms with Crippen LogP contribution in [0.3, 0.4) is 0 Å². The fraction of sp³-hybridized carbons (Fsp3) is 0.933. The summed E-state index contributed by atoms with van der Waals surface area (Å²) < 4.78 is 5.78. The van der Waals surface area contributed by atoms with Gasteiger partial charge in [0.1, 0.15) is 6.10 Å². The summed E-state index contributed by atoms with van der Waals surface area (Å²) in [5.74, 6) is 5.89. The maximum atomic E-state index is 11.4. The number of ether oxygens (including phenoxy) is 1. The smallest absolute Gasteiger partial charge is 0.263 e. The molecule has 1 aliphatic heterocycles. The highest BCUT2D eigenvalue weighted by Crippen LogP contribution is 2.30. The van der Waals surface area contributed by atoms with Crippen LogP contribution in [-0.2, 0) is 9.53 Å². The summed E-state index contributed by atoms with van der Waals surface area (Å²) in [6.45, 7) is 3.22. The Kier molecular flexibility index (Phi) is 5.81. The summed E-state index contributed by atoms with van der Waals surface area (Å²) in [6, 6.07) is 0.684. The topological polar surface area (TPSA) is 67.6 Å². The number of nitrogens with one attached hydrogen (secondary N) is 1. The summed E-state index contributed by atoms with van der Waals surface area (Å²) in [4.78, 5) is 13.9. The maximum absolute atomic E-state index is 11.4. The van der Waals surface area contributed by atoms with Crippen molar-refractivity contribution in [2.75, 3.05) is 13.6 Å². The van der Waals surface area contributed by atoms with Crippen LogP contribution < -0.4 is 11.3 Å². The third-order valence-electron chi connectivity index (χ3n) is 5.05. The standard InChI is InChI=1S/C15H29N3O2/c1-3-11-4-6-12(7-5-11)18(2)10-13-8-9-14(20-13)15(19)17-16/h11-14H,3-10,16H2,1-2H3,(H,17,19). The van der Waals surface area contributed by atoms with E-state index >= 15 is 0 Å². The SMILES string of the molecule is CCC1CCC(N(C)CC2CCC(C(=O)NN)O2)CC1. The molecule has 1 saturated heterocycles. The number of rotatable bonds is 5. The third kappa shape index (κ3) is 3.93. The van der Waals surface area contributed by atoms with Crippen LogP contribution in [0.2, 0.25) is 0 Å². The first-order chi connectivity index (χ1) is 9.63. The molecule has 0 aromatic carbocycles. The normalized spacial score (nSPS) is 34.4. The van der Waals surface area contributed by atoms with E-state index in [0.29, 0.717) is 6.04 Å². The molecule has 2 aliphatic rings. The first-order valence-corrected chi connectivity index (χ1v) is 8.00. The average molecular weight is 283 g/mol. The minimum atomic E-state index is -0.353. The van der Waals surface area contributed by atoms with E-state index in [9.17, 15) is 4.79 Å². The molecule has 0 spiro atoms. The van der Waals surface area contributed by atoms with Crippen LogP contribution in [0, 0.1) is 5.92 Å². The van der Waals surface area contributed by atoms with Crippen molar-refractivity contribution in [2.45, 2.75) is 70.1 Å². The Morgan fingerprint density at radius 3 is 2.55 bits per heavy atom. The number of amides is 1. The molecule has 2 atom stereocenters. The Hall–Kier alpha value is -0.650. The van der Waals surface area contributed by atoms with Gasteiger partial charge < -0.3 is 9.64 Å². The molecular weight excluding hydrogens is 254 g/mol. The minimum absolute atomic E-state index is 0.172. The van der Waals surface area contributed by atoms with Gasteiger partial charge >= 0.3 is 0 Å². The molecule has 0 aromatic rings. The quantitative estimate of drug-likeness (QED) is 0.455. The van der Waals surface area contributed by atoms with Gasteiger partial charge in [0.25, 0.3) is 5.91 Å². The molecule has 1 aliphatic carbocycles. The van der Waals surface area contributed by atoms with Gasteiger partial charge in [-0.3, -0.25) is 10.2 Å². The van der Waals surface area contributed by atoms with Crippen LogP contribution in [0.25, 0.3) is 0 Å². The molecule has 5 nitrogen and oxygen atoms in total. The fourth-order valence-electron chi connectivity index (χ4n) is 3.59. The van der Waals surface area contributed by atoms with Crippen molar-refractivity contribution < 1.29 is 9.53 Å². The number of nitrogens with two attached hydrogens (primary N) is 1. The number of carbonyl (C=O) groups excluding carboxylic acids is 1. The predicted molar refractivity (Wildman–Crippen MR) is 78.9 cm³/mol. The molecule has 3 N–H and O–H groups in total. The molecule has 2 fully saturated rings. The number of hydrogen-bond acceptors (Lipinski definition) is 4. The molecule has 20 heavy (non-hydrogen) atoms. The first-order valence-electron chi connectivity index (χ1n) is 8.00. The summed E-state index contributed by atoms with van der Waals surface area (Å²) in [6.07, 6.45) is 8.18. The lowest BCUT2D eigenvalue weighted by Gasteiger charge is -2.35. The Balaban J connectivity index is 1.73. The number of nitrogens with zero attached hydrogens (tertiary/aromatic N) is 1. The minimum Gasteiger partial charge on any atom is -0.364 e. The average Bonchev–Trinajstić information content (AvgIpc) is 2.95. The van der Waals surface area contributed by atoms with Crippen LogP contribution in [0.1, 0.15) is 51.9 Å². The van der Waals surface area contributed by atoms with Crippen LogP contribution in [0.5, 0.6) is 0 Å². The van der Waals surface area contributed by atoms with E-state index in [-0.39, 0.29) is 18.1 Å². The van der Waals surface area contributed by atoms with E-state index in [1.54, 1.807) is 0 Å². The van der Waals surface area contributed by atoms with Gasteiger partial charge in [-0.05, 0) is 51.5 Å². The van der Waals surface area contributed by atoms with Crippen molar-refractivity contribution in [1.82, 2.24) is 10.3 Å². The lowest BCUT2D eigenvalue weighted by Crippen LogP contribution is -2.42. The Morgan fingerprint density at radius 1 is 1.25 bits per heavy atom. The van der Waals surface area contributed by atoms with Gasteiger partial charge in [-0.1, -0.05) is 13.3 Å². The molecule has 1 saturated carbocycles. The number of hydrazine groups is 1. The maximum Gasteiger partial charge on any atom is 0.263 e. The van der Waals surface area contributed by atoms with Crippen LogP contribution in [-0.4, -0.2) is 42.6 Å². The molecule has 116 valence electrons. The molecule has 0 bridgehead atoms. The lowest BCUT2D eigenvalue weighted by atomic mass is 9.84.